The second-order valence-corrected chi connectivity index (χ2v) is 7.85. The van der Waals surface area contributed by atoms with Gasteiger partial charge in [-0.1, -0.05) is 39.8 Å². The zero-order valence-electron chi connectivity index (χ0n) is 18.8. The molecule has 1 unspecified atom stereocenters. The predicted octanol–water partition coefficient (Wildman–Crippen LogP) is 1.97. The quantitative estimate of drug-likeness (QED) is 0.537. The van der Waals surface area contributed by atoms with Crippen molar-refractivity contribution in [2.75, 3.05) is 0 Å². The Kier molecular flexibility index (Phi) is 14.9. The highest BCUT2D eigenvalue weighted by atomic mass is 16.3. The summed E-state index contributed by atoms with van der Waals surface area (Å²) < 4.78 is 0. The number of ketones is 3. The van der Waals surface area contributed by atoms with Gasteiger partial charge in [0.05, 0.1) is 18.1 Å². The van der Waals surface area contributed by atoms with Crippen LogP contribution in [0.3, 0.4) is 0 Å². The molecule has 0 aliphatic heterocycles. The maximum Gasteiger partial charge on any atom is 0.146 e. The van der Waals surface area contributed by atoms with Crippen molar-refractivity contribution in [3.63, 3.8) is 0 Å². The number of aromatic hydroxyl groups is 1. The number of carbonyl (C=O) groups excluding carboxylic acids is 3. The molecule has 0 aliphatic carbocycles. The number of nitrogens with two attached hydrogens (primary N) is 3. The fourth-order valence-electron chi connectivity index (χ4n) is 1.97. The van der Waals surface area contributed by atoms with Gasteiger partial charge in [0.15, 0.2) is 0 Å². The molecule has 0 fully saturated rings. The van der Waals surface area contributed by atoms with E-state index in [0.717, 1.165) is 5.56 Å². The first-order valence-electron chi connectivity index (χ1n) is 9.76. The molecule has 29 heavy (non-hydrogen) atoms. The molecule has 0 aromatic heterocycles. The molecule has 0 heterocycles. The van der Waals surface area contributed by atoms with E-state index in [1.165, 1.54) is 20.8 Å². The van der Waals surface area contributed by atoms with Crippen molar-refractivity contribution in [3.8, 4) is 5.75 Å². The fourth-order valence-corrected chi connectivity index (χ4v) is 1.97. The highest BCUT2D eigenvalue weighted by Gasteiger charge is 2.11. The number of benzene rings is 1. The molecule has 7 heteroatoms. The summed E-state index contributed by atoms with van der Waals surface area (Å²) in [4.78, 5) is 31.8. The van der Waals surface area contributed by atoms with Crippen LogP contribution in [-0.4, -0.2) is 40.6 Å². The molecule has 0 bridgehead atoms. The summed E-state index contributed by atoms with van der Waals surface area (Å²) in [6.07, 6.45) is 0.523. The second kappa shape index (κ2) is 14.8. The van der Waals surface area contributed by atoms with E-state index in [4.69, 9.17) is 22.3 Å². The molecule has 0 amide bonds. The van der Waals surface area contributed by atoms with Gasteiger partial charge in [0.2, 0.25) is 0 Å². The summed E-state index contributed by atoms with van der Waals surface area (Å²) >= 11 is 0. The first-order valence-corrected chi connectivity index (χ1v) is 9.76. The topological polar surface area (TPSA) is 150 Å². The number of phenols is 1. The van der Waals surface area contributed by atoms with Crippen molar-refractivity contribution >= 4 is 17.3 Å². The van der Waals surface area contributed by atoms with Crippen LogP contribution in [0.2, 0.25) is 0 Å². The molecule has 1 rings (SSSR count). The minimum Gasteiger partial charge on any atom is -0.508 e. The van der Waals surface area contributed by atoms with Crippen molar-refractivity contribution in [2.24, 2.45) is 29.0 Å². The monoisotopic (exact) mass is 409 g/mol. The molecule has 1 aromatic rings. The third-order valence-electron chi connectivity index (χ3n) is 4.29. The number of carbonyl (C=O) groups is 3. The Labute approximate surface area is 175 Å². The molecule has 7 nitrogen and oxygen atoms in total. The zero-order chi connectivity index (χ0) is 23.3. The molecule has 0 saturated carbocycles. The van der Waals surface area contributed by atoms with E-state index >= 15 is 0 Å². The van der Waals surface area contributed by atoms with Crippen LogP contribution >= 0.6 is 0 Å². The molecular weight excluding hydrogens is 370 g/mol. The lowest BCUT2D eigenvalue weighted by Crippen LogP contribution is -2.33. The Morgan fingerprint density at radius 3 is 1.31 bits per heavy atom. The van der Waals surface area contributed by atoms with E-state index < -0.39 is 6.04 Å². The van der Waals surface area contributed by atoms with Gasteiger partial charge in [-0.25, -0.2) is 0 Å². The summed E-state index contributed by atoms with van der Waals surface area (Å²) in [5.74, 6) is 0.883. The van der Waals surface area contributed by atoms with E-state index in [-0.39, 0.29) is 47.0 Å². The summed E-state index contributed by atoms with van der Waals surface area (Å²) in [7, 11) is 0. The third kappa shape index (κ3) is 14.5. The molecule has 166 valence electrons. The van der Waals surface area contributed by atoms with Gasteiger partial charge in [0.25, 0.3) is 0 Å². The normalized spacial score (nSPS) is 13.4. The Bertz CT molecular complexity index is 603. The van der Waals surface area contributed by atoms with Gasteiger partial charge < -0.3 is 22.3 Å². The molecule has 0 saturated heterocycles. The predicted molar refractivity (Wildman–Crippen MR) is 117 cm³/mol. The SMILES string of the molecule is CC(=O)C(N)C(C)C.CC(=O)[C@@H](N)Cc1ccc(O)cc1.CC(=O)[C@H](N)C(C)C. The lowest BCUT2D eigenvalue weighted by molar-refractivity contribution is -0.119. The standard InChI is InChI=1S/C10H13NO2.2C6H13NO/c1-7(12)10(11)6-8-2-4-9(13)5-3-8;2*1-4(2)6(7)5(3)8/h2-5,10,13H,6,11H2,1H3;2*4,6H,7H2,1-3H3/t10-;6-;/m01./s1. The fraction of sp³-hybridized carbons (Fsp3) is 0.591. The van der Waals surface area contributed by atoms with Gasteiger partial charge >= 0.3 is 0 Å². The van der Waals surface area contributed by atoms with Gasteiger partial charge in [0.1, 0.15) is 23.1 Å². The van der Waals surface area contributed by atoms with Crippen LogP contribution in [0.4, 0.5) is 0 Å². The Morgan fingerprint density at radius 1 is 0.759 bits per heavy atom. The lowest BCUT2D eigenvalue weighted by Gasteiger charge is -2.09. The third-order valence-corrected chi connectivity index (χ3v) is 4.29. The largest absolute Gasteiger partial charge is 0.508 e. The molecule has 0 aliphatic rings. The van der Waals surface area contributed by atoms with E-state index in [0.29, 0.717) is 6.42 Å². The van der Waals surface area contributed by atoms with Gasteiger partial charge in [-0.05, 0) is 56.7 Å². The molecule has 7 N–H and O–H groups in total. The minimum absolute atomic E-state index is 0.0203. The van der Waals surface area contributed by atoms with Crippen LogP contribution in [0.25, 0.3) is 0 Å². The highest BCUT2D eigenvalue weighted by molar-refractivity contribution is 5.82. The van der Waals surface area contributed by atoms with Crippen molar-refractivity contribution in [2.45, 2.75) is 73.0 Å². The number of rotatable bonds is 7. The van der Waals surface area contributed by atoms with Crippen molar-refractivity contribution < 1.29 is 19.5 Å². The lowest BCUT2D eigenvalue weighted by atomic mass is 10.0. The number of hydrogen-bond donors (Lipinski definition) is 4. The summed E-state index contributed by atoms with van der Waals surface area (Å²) in [5.41, 5.74) is 17.4. The van der Waals surface area contributed by atoms with Crippen LogP contribution in [0, 0.1) is 11.8 Å². The number of hydrogen-bond acceptors (Lipinski definition) is 7. The van der Waals surface area contributed by atoms with E-state index in [2.05, 4.69) is 0 Å². The van der Waals surface area contributed by atoms with Crippen LogP contribution < -0.4 is 17.2 Å². The van der Waals surface area contributed by atoms with Gasteiger partial charge in [0, 0.05) is 0 Å². The van der Waals surface area contributed by atoms with Crippen molar-refractivity contribution in [1.29, 1.82) is 0 Å². The second-order valence-electron chi connectivity index (χ2n) is 7.85. The van der Waals surface area contributed by atoms with E-state index in [9.17, 15) is 14.4 Å². The average Bonchev–Trinajstić information content (AvgIpc) is 2.62. The van der Waals surface area contributed by atoms with Crippen molar-refractivity contribution in [3.05, 3.63) is 29.8 Å². The summed E-state index contributed by atoms with van der Waals surface area (Å²) in [5, 5.41) is 9.00. The van der Waals surface area contributed by atoms with Crippen molar-refractivity contribution in [1.82, 2.24) is 0 Å². The van der Waals surface area contributed by atoms with Gasteiger partial charge in [-0.3, -0.25) is 14.4 Å². The van der Waals surface area contributed by atoms with Crippen LogP contribution in [0.1, 0.15) is 54.0 Å². The first kappa shape index (κ1) is 29.1. The smallest absolute Gasteiger partial charge is 0.146 e. The van der Waals surface area contributed by atoms with Gasteiger partial charge in [-0.15, -0.1) is 0 Å². The molecule has 1 aromatic carbocycles. The Hall–Kier alpha value is -2.09. The van der Waals surface area contributed by atoms with Crippen LogP contribution in [0.15, 0.2) is 24.3 Å². The Balaban J connectivity index is 0. The van der Waals surface area contributed by atoms with Crippen LogP contribution in [-0.2, 0) is 20.8 Å². The maximum absolute atomic E-state index is 10.8. The number of Topliss-reactive ketones (excluding diaryl/α,β-unsaturated/α-hetero) is 3. The average molecular weight is 410 g/mol. The van der Waals surface area contributed by atoms with Gasteiger partial charge in [-0.2, -0.15) is 0 Å². The van der Waals surface area contributed by atoms with Crippen LogP contribution in [0.5, 0.6) is 5.75 Å². The van der Waals surface area contributed by atoms with E-state index in [1.54, 1.807) is 24.3 Å². The van der Waals surface area contributed by atoms with E-state index in [1.807, 2.05) is 27.7 Å². The maximum atomic E-state index is 10.8. The summed E-state index contributed by atoms with van der Waals surface area (Å²) in [6, 6.07) is 5.72. The molecular formula is C22H39N3O4. The summed E-state index contributed by atoms with van der Waals surface area (Å²) in [6.45, 7) is 12.3. The molecule has 3 atom stereocenters. The number of phenolic OH excluding ortho intramolecular Hbond substituents is 1. The highest BCUT2D eigenvalue weighted by Crippen LogP contribution is 2.10. The zero-order valence-corrected chi connectivity index (χ0v) is 18.8. The first-order chi connectivity index (χ1) is 13.2. The molecule has 0 spiro atoms. The Morgan fingerprint density at radius 2 is 1.10 bits per heavy atom. The molecule has 0 radical (unpaired) electrons. The minimum atomic E-state index is -0.440.